The number of aryl methyl sites for hydroxylation is 1. The van der Waals surface area contributed by atoms with Gasteiger partial charge < -0.3 is 4.74 Å². The van der Waals surface area contributed by atoms with Gasteiger partial charge in [0.25, 0.3) is 17.5 Å². The zero-order chi connectivity index (χ0) is 20.7. The predicted molar refractivity (Wildman–Crippen MR) is 110 cm³/mol. The maximum absolute atomic E-state index is 11.8. The van der Waals surface area contributed by atoms with Crippen LogP contribution < -0.4 is 15.6 Å². The Morgan fingerprint density at radius 3 is 2.64 bits per heavy atom. The summed E-state index contributed by atoms with van der Waals surface area (Å²) >= 11 is 6.72. The summed E-state index contributed by atoms with van der Waals surface area (Å²) < 4.78 is 7.03. The van der Waals surface area contributed by atoms with Crippen LogP contribution in [0.25, 0.3) is 6.08 Å². The molecule has 0 spiro atoms. The molecule has 28 heavy (non-hydrogen) atoms. The van der Waals surface area contributed by atoms with Crippen molar-refractivity contribution in [3.8, 4) is 5.75 Å². The molecule has 0 unspecified atom stereocenters. The van der Waals surface area contributed by atoms with E-state index in [0.717, 1.165) is 16.1 Å². The topological polar surface area (TPSA) is 111 Å². The molecular weight excluding hydrogens is 498 g/mol. The third kappa shape index (κ3) is 6.46. The minimum absolute atomic E-state index is 0.0811. The summed E-state index contributed by atoms with van der Waals surface area (Å²) in [6, 6.07) is 9.44. The molecule has 0 saturated heterocycles. The van der Waals surface area contributed by atoms with Gasteiger partial charge in [0.15, 0.2) is 6.61 Å². The number of benzene rings is 2. The summed E-state index contributed by atoms with van der Waals surface area (Å²) in [7, 11) is 0. The number of nitrogens with zero attached hydrogens (tertiary/aromatic N) is 1. The van der Waals surface area contributed by atoms with Gasteiger partial charge in [0, 0.05) is 22.7 Å². The van der Waals surface area contributed by atoms with Gasteiger partial charge in [0.05, 0.1) is 9.40 Å². The lowest BCUT2D eigenvalue weighted by Crippen LogP contribution is -2.43. The van der Waals surface area contributed by atoms with Crippen LogP contribution in [-0.2, 0) is 9.59 Å². The SMILES string of the molecule is Cc1cc(Br)cc(Br)c1OCC(=O)NNC(=O)/C=C/c1cccc([N+](=O)[O-])c1. The number of rotatable bonds is 6. The summed E-state index contributed by atoms with van der Waals surface area (Å²) in [6.07, 6.45) is 2.54. The van der Waals surface area contributed by atoms with Crippen LogP contribution in [0.15, 0.2) is 51.4 Å². The number of halogens is 2. The number of ether oxygens (including phenoxy) is 1. The molecule has 0 fully saturated rings. The van der Waals surface area contributed by atoms with Gasteiger partial charge in [-0.05, 0) is 52.2 Å². The van der Waals surface area contributed by atoms with Crippen LogP contribution in [0.5, 0.6) is 5.75 Å². The van der Waals surface area contributed by atoms with Crippen molar-refractivity contribution >= 4 is 55.4 Å². The zero-order valence-electron chi connectivity index (χ0n) is 14.6. The summed E-state index contributed by atoms with van der Waals surface area (Å²) in [6.45, 7) is 1.54. The van der Waals surface area contributed by atoms with Gasteiger partial charge in [-0.1, -0.05) is 28.1 Å². The number of nitro benzene ring substituents is 1. The summed E-state index contributed by atoms with van der Waals surface area (Å²) in [5, 5.41) is 10.7. The Bertz CT molecular complexity index is 924. The molecule has 2 amide bonds. The maximum Gasteiger partial charge on any atom is 0.276 e. The van der Waals surface area contributed by atoms with Gasteiger partial charge in [-0.3, -0.25) is 30.6 Å². The fourth-order valence-electron chi connectivity index (χ4n) is 2.13. The van der Waals surface area contributed by atoms with Crippen LogP contribution in [0.3, 0.4) is 0 Å². The second kappa shape index (κ2) is 10.00. The van der Waals surface area contributed by atoms with Crippen molar-refractivity contribution in [2.24, 2.45) is 0 Å². The van der Waals surface area contributed by atoms with Crippen molar-refractivity contribution in [3.05, 3.63) is 72.7 Å². The Hall–Kier alpha value is -2.72. The standard InChI is InChI=1S/C18H15Br2N3O5/c1-11-7-13(19)9-15(20)18(11)28-10-17(25)22-21-16(24)6-5-12-3-2-4-14(8-12)23(26)27/h2-9H,10H2,1H3,(H,21,24)(H,22,25)/b6-5+. The van der Waals surface area contributed by atoms with E-state index >= 15 is 0 Å². The molecule has 8 nitrogen and oxygen atoms in total. The van der Waals surface area contributed by atoms with Crippen LogP contribution in [0.1, 0.15) is 11.1 Å². The number of hydrazine groups is 1. The maximum atomic E-state index is 11.8. The molecule has 2 aromatic carbocycles. The molecule has 0 atom stereocenters. The van der Waals surface area contributed by atoms with E-state index in [-0.39, 0.29) is 12.3 Å². The lowest BCUT2D eigenvalue weighted by Gasteiger charge is -2.12. The Balaban J connectivity index is 1.83. The summed E-state index contributed by atoms with van der Waals surface area (Å²) in [5.41, 5.74) is 5.66. The molecule has 0 heterocycles. The first-order valence-corrected chi connectivity index (χ1v) is 9.44. The normalized spacial score (nSPS) is 10.5. The van der Waals surface area contributed by atoms with Gasteiger partial charge in [-0.2, -0.15) is 0 Å². The molecule has 0 radical (unpaired) electrons. The van der Waals surface area contributed by atoms with Gasteiger partial charge in [-0.25, -0.2) is 0 Å². The second-order valence-electron chi connectivity index (χ2n) is 5.55. The molecule has 0 bridgehead atoms. The quantitative estimate of drug-likeness (QED) is 0.348. The first-order valence-electron chi connectivity index (χ1n) is 7.86. The summed E-state index contributed by atoms with van der Waals surface area (Å²) in [4.78, 5) is 33.8. The number of nitro groups is 1. The lowest BCUT2D eigenvalue weighted by atomic mass is 10.2. The lowest BCUT2D eigenvalue weighted by molar-refractivity contribution is -0.384. The number of carbonyl (C=O) groups excluding carboxylic acids is 2. The molecule has 2 aromatic rings. The molecule has 0 aliphatic carbocycles. The number of non-ortho nitro benzene ring substituents is 1. The molecule has 0 aliphatic heterocycles. The molecule has 0 saturated carbocycles. The fourth-order valence-corrected chi connectivity index (χ4v) is 3.69. The molecule has 0 aromatic heterocycles. The predicted octanol–water partition coefficient (Wildman–Crippen LogP) is 3.67. The Kier molecular flexibility index (Phi) is 7.70. The van der Waals surface area contributed by atoms with Crippen LogP contribution in [0.4, 0.5) is 5.69 Å². The van der Waals surface area contributed by atoms with E-state index in [0.29, 0.717) is 15.8 Å². The monoisotopic (exact) mass is 511 g/mol. The molecule has 0 aliphatic rings. The van der Waals surface area contributed by atoms with Gasteiger partial charge in [0.1, 0.15) is 5.75 Å². The van der Waals surface area contributed by atoms with Crippen molar-refractivity contribution in [3.63, 3.8) is 0 Å². The Labute approximate surface area is 177 Å². The van der Waals surface area contributed by atoms with Crippen molar-refractivity contribution < 1.29 is 19.2 Å². The smallest absolute Gasteiger partial charge is 0.276 e. The molecular formula is C18H15Br2N3O5. The van der Waals surface area contributed by atoms with Crippen molar-refractivity contribution in [1.29, 1.82) is 0 Å². The number of hydrogen-bond donors (Lipinski definition) is 2. The molecule has 2 N–H and O–H groups in total. The first-order chi connectivity index (χ1) is 13.3. The van der Waals surface area contributed by atoms with E-state index in [2.05, 4.69) is 42.7 Å². The van der Waals surface area contributed by atoms with Gasteiger partial charge in [0.2, 0.25) is 0 Å². The van der Waals surface area contributed by atoms with Crippen molar-refractivity contribution in [2.75, 3.05) is 6.61 Å². The number of amides is 2. The van der Waals surface area contributed by atoms with Crippen LogP contribution >= 0.6 is 31.9 Å². The van der Waals surface area contributed by atoms with Crippen molar-refractivity contribution in [2.45, 2.75) is 6.92 Å². The highest BCUT2D eigenvalue weighted by molar-refractivity contribution is 9.11. The molecule has 10 heteroatoms. The first kappa shape index (κ1) is 21.6. The highest BCUT2D eigenvalue weighted by Gasteiger charge is 2.10. The molecule has 146 valence electrons. The minimum atomic E-state index is -0.596. The van der Waals surface area contributed by atoms with E-state index in [1.165, 1.54) is 24.3 Å². The number of carbonyl (C=O) groups is 2. The third-order valence-electron chi connectivity index (χ3n) is 3.37. The van der Waals surface area contributed by atoms with Gasteiger partial charge >= 0.3 is 0 Å². The average Bonchev–Trinajstić information content (AvgIpc) is 2.64. The minimum Gasteiger partial charge on any atom is -0.482 e. The van der Waals surface area contributed by atoms with E-state index in [4.69, 9.17) is 4.74 Å². The Morgan fingerprint density at radius 1 is 1.21 bits per heavy atom. The fraction of sp³-hybridized carbons (Fsp3) is 0.111. The van der Waals surface area contributed by atoms with Crippen LogP contribution in [0.2, 0.25) is 0 Å². The Morgan fingerprint density at radius 2 is 1.96 bits per heavy atom. The van der Waals surface area contributed by atoms with Crippen LogP contribution in [-0.4, -0.2) is 23.3 Å². The third-order valence-corrected chi connectivity index (χ3v) is 4.42. The average molecular weight is 513 g/mol. The van der Waals surface area contributed by atoms with E-state index < -0.39 is 16.7 Å². The second-order valence-corrected chi connectivity index (χ2v) is 7.32. The van der Waals surface area contributed by atoms with Crippen molar-refractivity contribution in [1.82, 2.24) is 10.9 Å². The van der Waals surface area contributed by atoms with Crippen LogP contribution in [0, 0.1) is 17.0 Å². The number of nitrogens with one attached hydrogen (secondary N) is 2. The summed E-state index contributed by atoms with van der Waals surface area (Å²) in [5.74, 6) is -0.623. The van der Waals surface area contributed by atoms with Gasteiger partial charge in [-0.15, -0.1) is 0 Å². The highest BCUT2D eigenvalue weighted by atomic mass is 79.9. The highest BCUT2D eigenvalue weighted by Crippen LogP contribution is 2.32. The number of hydrogen-bond acceptors (Lipinski definition) is 5. The van der Waals surface area contributed by atoms with E-state index in [1.54, 1.807) is 12.1 Å². The van der Waals surface area contributed by atoms with E-state index in [9.17, 15) is 19.7 Å². The molecule has 2 rings (SSSR count). The zero-order valence-corrected chi connectivity index (χ0v) is 17.7. The largest absolute Gasteiger partial charge is 0.482 e. The van der Waals surface area contributed by atoms with E-state index in [1.807, 2.05) is 13.0 Å².